The highest BCUT2D eigenvalue weighted by atomic mass is 35.5. The minimum absolute atomic E-state index is 0.0698. The maximum Gasteiger partial charge on any atom is 0.251 e. The zero-order valence-corrected chi connectivity index (χ0v) is 18.1. The summed E-state index contributed by atoms with van der Waals surface area (Å²) in [5.74, 6) is 0.502. The van der Waals surface area contributed by atoms with Gasteiger partial charge in [-0.25, -0.2) is 14.6 Å². The Morgan fingerprint density at radius 1 is 1.13 bits per heavy atom. The first-order chi connectivity index (χ1) is 15.0. The van der Waals surface area contributed by atoms with Crippen molar-refractivity contribution in [2.45, 2.75) is 25.8 Å². The van der Waals surface area contributed by atoms with Crippen LogP contribution < -0.4 is 10.6 Å². The summed E-state index contributed by atoms with van der Waals surface area (Å²) < 4.78 is 1.60. The second-order valence-corrected chi connectivity index (χ2v) is 8.30. The van der Waals surface area contributed by atoms with E-state index in [0.29, 0.717) is 44.2 Å². The first kappa shape index (κ1) is 19.8. The SMILES string of the molecule is Cc1ccc(C(=O)NC2CC2)cc1Nc1ncnc2c1cnn2-c1c(Cl)cccc1Cl. The van der Waals surface area contributed by atoms with E-state index < -0.39 is 0 Å². The molecule has 0 atom stereocenters. The van der Waals surface area contributed by atoms with Gasteiger partial charge >= 0.3 is 0 Å². The third-order valence-corrected chi connectivity index (χ3v) is 5.79. The fourth-order valence-corrected chi connectivity index (χ4v) is 3.88. The van der Waals surface area contributed by atoms with E-state index in [1.54, 1.807) is 29.1 Å². The lowest BCUT2D eigenvalue weighted by Crippen LogP contribution is -2.25. The van der Waals surface area contributed by atoms with Crippen LogP contribution in [0.1, 0.15) is 28.8 Å². The third-order valence-electron chi connectivity index (χ3n) is 5.18. The highest BCUT2D eigenvalue weighted by molar-refractivity contribution is 6.37. The van der Waals surface area contributed by atoms with Gasteiger partial charge < -0.3 is 10.6 Å². The Hall–Kier alpha value is -3.16. The number of para-hydroxylation sites is 1. The minimum atomic E-state index is -0.0698. The average molecular weight is 453 g/mol. The Morgan fingerprint density at radius 2 is 1.90 bits per heavy atom. The quantitative estimate of drug-likeness (QED) is 0.441. The molecule has 0 radical (unpaired) electrons. The molecule has 1 aliphatic carbocycles. The molecule has 1 saturated carbocycles. The van der Waals surface area contributed by atoms with Crippen molar-refractivity contribution in [2.75, 3.05) is 5.32 Å². The van der Waals surface area contributed by atoms with E-state index in [9.17, 15) is 4.79 Å². The molecule has 9 heteroatoms. The number of aromatic nitrogens is 4. The Morgan fingerprint density at radius 3 is 2.65 bits per heavy atom. The number of nitrogens with zero attached hydrogens (tertiary/aromatic N) is 4. The van der Waals surface area contributed by atoms with Crippen molar-refractivity contribution in [1.29, 1.82) is 0 Å². The number of carbonyl (C=O) groups excluding carboxylic acids is 1. The van der Waals surface area contributed by atoms with E-state index in [1.807, 2.05) is 25.1 Å². The number of rotatable bonds is 5. The predicted octanol–water partition coefficient (Wildman–Crippen LogP) is 5.07. The van der Waals surface area contributed by atoms with Crippen molar-refractivity contribution in [3.63, 3.8) is 0 Å². The molecule has 2 N–H and O–H groups in total. The monoisotopic (exact) mass is 452 g/mol. The summed E-state index contributed by atoms with van der Waals surface area (Å²) in [5.41, 5.74) is 3.49. The van der Waals surface area contributed by atoms with Gasteiger partial charge in [0.25, 0.3) is 5.91 Å². The van der Waals surface area contributed by atoms with Crippen molar-refractivity contribution in [1.82, 2.24) is 25.1 Å². The van der Waals surface area contributed by atoms with E-state index >= 15 is 0 Å². The third kappa shape index (κ3) is 3.82. The Kier molecular flexibility index (Phi) is 5.00. The van der Waals surface area contributed by atoms with E-state index in [0.717, 1.165) is 24.1 Å². The first-order valence-corrected chi connectivity index (χ1v) is 10.6. The van der Waals surface area contributed by atoms with Crippen molar-refractivity contribution >= 4 is 51.6 Å². The van der Waals surface area contributed by atoms with Gasteiger partial charge in [0.05, 0.1) is 21.6 Å². The van der Waals surface area contributed by atoms with E-state index in [-0.39, 0.29) is 5.91 Å². The number of aryl methyl sites for hydroxylation is 1. The maximum absolute atomic E-state index is 12.4. The lowest BCUT2D eigenvalue weighted by molar-refractivity contribution is 0.0951. The van der Waals surface area contributed by atoms with Crippen molar-refractivity contribution in [3.8, 4) is 5.69 Å². The molecule has 1 aliphatic rings. The van der Waals surface area contributed by atoms with Crippen LogP contribution in [0.15, 0.2) is 48.9 Å². The van der Waals surface area contributed by atoms with Crippen LogP contribution >= 0.6 is 23.2 Å². The number of fused-ring (bicyclic) bond motifs is 1. The summed E-state index contributed by atoms with van der Waals surface area (Å²) in [6.07, 6.45) is 5.20. The molecule has 31 heavy (non-hydrogen) atoms. The number of hydrogen-bond acceptors (Lipinski definition) is 5. The van der Waals surface area contributed by atoms with Crippen molar-refractivity contribution in [3.05, 3.63) is 70.1 Å². The molecular weight excluding hydrogens is 435 g/mol. The Bertz CT molecular complexity index is 1290. The Balaban J connectivity index is 1.52. The standard InChI is InChI=1S/C22H18Cl2N6O/c1-12-5-6-13(22(31)28-14-7-8-14)9-18(12)29-20-15-10-27-30(21(15)26-11-25-20)19-16(23)3-2-4-17(19)24/h2-6,9-11,14H,7-8H2,1H3,(H,28,31)(H,25,26,29). The van der Waals surface area contributed by atoms with Crippen LogP contribution in [0, 0.1) is 6.92 Å². The summed E-state index contributed by atoms with van der Waals surface area (Å²) in [4.78, 5) is 21.2. The van der Waals surface area contributed by atoms with Crippen LogP contribution in [0.4, 0.5) is 11.5 Å². The number of anilines is 2. The molecule has 2 aromatic carbocycles. The number of nitrogens with one attached hydrogen (secondary N) is 2. The van der Waals surface area contributed by atoms with E-state index in [1.165, 1.54) is 6.33 Å². The zero-order chi connectivity index (χ0) is 21.5. The van der Waals surface area contributed by atoms with Crippen LogP contribution in [0.25, 0.3) is 16.7 Å². The minimum Gasteiger partial charge on any atom is -0.349 e. The van der Waals surface area contributed by atoms with Gasteiger partial charge in [-0.15, -0.1) is 0 Å². The second-order valence-electron chi connectivity index (χ2n) is 7.49. The van der Waals surface area contributed by atoms with Crippen LogP contribution in [-0.4, -0.2) is 31.7 Å². The number of benzene rings is 2. The largest absolute Gasteiger partial charge is 0.349 e. The fraction of sp³-hybridized carbons (Fsp3) is 0.182. The maximum atomic E-state index is 12.4. The lowest BCUT2D eigenvalue weighted by Gasteiger charge is -2.12. The summed E-state index contributed by atoms with van der Waals surface area (Å²) in [6.45, 7) is 1.97. The van der Waals surface area contributed by atoms with Gasteiger partial charge in [0.1, 0.15) is 17.8 Å². The average Bonchev–Trinajstić information content (AvgIpc) is 3.46. The van der Waals surface area contributed by atoms with Gasteiger partial charge in [0.15, 0.2) is 5.65 Å². The van der Waals surface area contributed by atoms with Crippen LogP contribution in [0.2, 0.25) is 10.0 Å². The molecule has 4 aromatic rings. The van der Waals surface area contributed by atoms with Gasteiger partial charge in [0.2, 0.25) is 0 Å². The number of carbonyl (C=O) groups is 1. The molecule has 0 aliphatic heterocycles. The summed E-state index contributed by atoms with van der Waals surface area (Å²) in [6, 6.07) is 11.1. The van der Waals surface area contributed by atoms with Gasteiger partial charge in [-0.3, -0.25) is 4.79 Å². The van der Waals surface area contributed by atoms with Crippen LogP contribution in [0.3, 0.4) is 0 Å². The highest BCUT2D eigenvalue weighted by Gasteiger charge is 2.24. The van der Waals surface area contributed by atoms with Crippen LogP contribution in [-0.2, 0) is 0 Å². The van der Waals surface area contributed by atoms with E-state index in [2.05, 4.69) is 25.7 Å². The second kappa shape index (κ2) is 7.83. The van der Waals surface area contributed by atoms with Gasteiger partial charge in [-0.05, 0) is 49.6 Å². The first-order valence-electron chi connectivity index (χ1n) is 9.83. The summed E-state index contributed by atoms with van der Waals surface area (Å²) >= 11 is 12.7. The molecule has 5 rings (SSSR count). The highest BCUT2D eigenvalue weighted by Crippen LogP contribution is 2.32. The Labute approximate surface area is 188 Å². The van der Waals surface area contributed by atoms with Gasteiger partial charge in [-0.1, -0.05) is 35.3 Å². The van der Waals surface area contributed by atoms with Gasteiger partial charge in [-0.2, -0.15) is 5.10 Å². The van der Waals surface area contributed by atoms with Gasteiger partial charge in [0, 0.05) is 17.3 Å². The number of hydrogen-bond donors (Lipinski definition) is 2. The molecular formula is C22H18Cl2N6O. The van der Waals surface area contributed by atoms with Crippen molar-refractivity contribution < 1.29 is 4.79 Å². The molecule has 2 heterocycles. The molecule has 0 spiro atoms. The molecule has 7 nitrogen and oxygen atoms in total. The molecule has 2 aromatic heterocycles. The molecule has 1 fully saturated rings. The topological polar surface area (TPSA) is 84.7 Å². The number of amides is 1. The summed E-state index contributed by atoms with van der Waals surface area (Å²) in [5, 5.41) is 12.4. The predicted molar refractivity (Wildman–Crippen MR) is 122 cm³/mol. The molecule has 0 unspecified atom stereocenters. The number of halogens is 2. The molecule has 0 bridgehead atoms. The molecule has 156 valence electrons. The van der Waals surface area contributed by atoms with Crippen molar-refractivity contribution in [2.24, 2.45) is 0 Å². The fourth-order valence-electron chi connectivity index (χ4n) is 3.32. The lowest BCUT2D eigenvalue weighted by atomic mass is 10.1. The molecule has 0 saturated heterocycles. The smallest absolute Gasteiger partial charge is 0.251 e. The van der Waals surface area contributed by atoms with E-state index in [4.69, 9.17) is 23.2 Å². The normalized spacial score (nSPS) is 13.4. The molecule has 1 amide bonds. The summed E-state index contributed by atoms with van der Waals surface area (Å²) in [7, 11) is 0. The zero-order valence-electron chi connectivity index (χ0n) is 16.6. The van der Waals surface area contributed by atoms with Crippen LogP contribution in [0.5, 0.6) is 0 Å².